The van der Waals surface area contributed by atoms with E-state index in [9.17, 15) is 0 Å². The third kappa shape index (κ3) is 2.19. The molecule has 1 heterocycles. The van der Waals surface area contributed by atoms with Crippen molar-refractivity contribution in [1.82, 2.24) is 5.32 Å². The highest BCUT2D eigenvalue weighted by Gasteiger charge is 2.28. The van der Waals surface area contributed by atoms with Crippen LogP contribution in [0.15, 0.2) is 24.3 Å². The van der Waals surface area contributed by atoms with E-state index in [2.05, 4.69) is 36.5 Å². The molecule has 3 rings (SSSR count). The monoisotopic (exact) mass is 231 g/mol. The van der Waals surface area contributed by atoms with E-state index in [0.717, 1.165) is 24.7 Å². The Bertz CT molecular complexity index is 386. The van der Waals surface area contributed by atoms with E-state index in [1.807, 2.05) is 0 Å². The van der Waals surface area contributed by atoms with Crippen molar-refractivity contribution in [3.05, 3.63) is 29.8 Å². The van der Waals surface area contributed by atoms with Gasteiger partial charge in [0, 0.05) is 24.1 Å². The Balaban J connectivity index is 1.71. The van der Waals surface area contributed by atoms with Crippen molar-refractivity contribution >= 4 is 0 Å². The second-order valence-electron chi connectivity index (χ2n) is 5.37. The Hall–Kier alpha value is -1.02. The van der Waals surface area contributed by atoms with Crippen molar-refractivity contribution in [3.8, 4) is 5.75 Å². The maximum atomic E-state index is 5.70. The Labute approximate surface area is 103 Å². The molecule has 1 saturated carbocycles. The third-order valence-electron chi connectivity index (χ3n) is 4.28. The standard InChI is InChI=1S/C15H21NO/c1-11(12-5-4-6-12)16-14-9-10-17-15-8-3-2-7-13(14)15/h2-3,7-8,11-12,14,16H,4-6,9-10H2,1H3. The van der Waals surface area contributed by atoms with Crippen LogP contribution >= 0.6 is 0 Å². The zero-order valence-corrected chi connectivity index (χ0v) is 10.5. The van der Waals surface area contributed by atoms with E-state index in [-0.39, 0.29) is 0 Å². The van der Waals surface area contributed by atoms with Crippen LogP contribution in [0.1, 0.15) is 44.2 Å². The summed E-state index contributed by atoms with van der Waals surface area (Å²) < 4.78 is 5.70. The van der Waals surface area contributed by atoms with Gasteiger partial charge in [-0.05, 0) is 31.7 Å². The number of benzene rings is 1. The van der Waals surface area contributed by atoms with Gasteiger partial charge in [-0.3, -0.25) is 0 Å². The van der Waals surface area contributed by atoms with Crippen LogP contribution < -0.4 is 10.1 Å². The molecule has 0 saturated heterocycles. The van der Waals surface area contributed by atoms with Crippen LogP contribution in [0.3, 0.4) is 0 Å². The van der Waals surface area contributed by atoms with Gasteiger partial charge in [0.05, 0.1) is 6.61 Å². The lowest BCUT2D eigenvalue weighted by Gasteiger charge is -2.36. The van der Waals surface area contributed by atoms with Gasteiger partial charge in [0.25, 0.3) is 0 Å². The summed E-state index contributed by atoms with van der Waals surface area (Å²) >= 11 is 0. The van der Waals surface area contributed by atoms with E-state index >= 15 is 0 Å². The van der Waals surface area contributed by atoms with Gasteiger partial charge in [0.2, 0.25) is 0 Å². The number of rotatable bonds is 3. The first-order valence-electron chi connectivity index (χ1n) is 6.82. The molecule has 0 aromatic heterocycles. The van der Waals surface area contributed by atoms with Crippen molar-refractivity contribution in [2.45, 2.75) is 44.7 Å². The average molecular weight is 231 g/mol. The Morgan fingerprint density at radius 2 is 2.06 bits per heavy atom. The molecule has 2 atom stereocenters. The first kappa shape index (κ1) is 11.1. The molecule has 1 aromatic carbocycles. The van der Waals surface area contributed by atoms with E-state index in [0.29, 0.717) is 12.1 Å². The minimum Gasteiger partial charge on any atom is -0.493 e. The molecule has 2 aliphatic rings. The van der Waals surface area contributed by atoms with Crippen molar-refractivity contribution in [1.29, 1.82) is 0 Å². The maximum absolute atomic E-state index is 5.70. The molecular formula is C15H21NO. The average Bonchev–Trinajstić information content (AvgIpc) is 2.27. The van der Waals surface area contributed by atoms with E-state index in [4.69, 9.17) is 4.74 Å². The van der Waals surface area contributed by atoms with Crippen LogP contribution in [0.5, 0.6) is 5.75 Å². The zero-order valence-electron chi connectivity index (χ0n) is 10.5. The molecule has 1 aromatic rings. The van der Waals surface area contributed by atoms with Crippen LogP contribution in [0.4, 0.5) is 0 Å². The molecule has 0 spiro atoms. The summed E-state index contributed by atoms with van der Waals surface area (Å²) in [7, 11) is 0. The molecule has 1 aliphatic carbocycles. The van der Waals surface area contributed by atoms with Crippen molar-refractivity contribution in [2.24, 2.45) is 5.92 Å². The quantitative estimate of drug-likeness (QED) is 0.862. The number of hydrogen-bond donors (Lipinski definition) is 1. The van der Waals surface area contributed by atoms with Gasteiger partial charge in [0.15, 0.2) is 0 Å². The molecule has 2 nitrogen and oxygen atoms in total. The van der Waals surface area contributed by atoms with Crippen LogP contribution in [0.25, 0.3) is 0 Å². The fourth-order valence-corrected chi connectivity index (χ4v) is 2.91. The summed E-state index contributed by atoms with van der Waals surface area (Å²) in [6.07, 6.45) is 5.31. The second kappa shape index (κ2) is 4.69. The first-order valence-corrected chi connectivity index (χ1v) is 6.82. The molecule has 17 heavy (non-hydrogen) atoms. The predicted molar refractivity (Wildman–Crippen MR) is 69.2 cm³/mol. The minimum atomic E-state index is 0.482. The van der Waals surface area contributed by atoms with Gasteiger partial charge in [-0.1, -0.05) is 24.6 Å². The molecule has 92 valence electrons. The number of nitrogens with one attached hydrogen (secondary N) is 1. The van der Waals surface area contributed by atoms with E-state index in [1.165, 1.54) is 24.8 Å². The van der Waals surface area contributed by atoms with Crippen molar-refractivity contribution in [2.75, 3.05) is 6.61 Å². The zero-order chi connectivity index (χ0) is 11.7. The van der Waals surface area contributed by atoms with Gasteiger partial charge in [0.1, 0.15) is 5.75 Å². The normalized spacial score (nSPS) is 25.6. The fourth-order valence-electron chi connectivity index (χ4n) is 2.91. The highest BCUT2D eigenvalue weighted by molar-refractivity contribution is 5.37. The number of ether oxygens (including phenoxy) is 1. The molecule has 1 N–H and O–H groups in total. The first-order chi connectivity index (χ1) is 8.34. The van der Waals surface area contributed by atoms with Crippen LogP contribution in [0, 0.1) is 5.92 Å². The van der Waals surface area contributed by atoms with Crippen LogP contribution in [0.2, 0.25) is 0 Å². The highest BCUT2D eigenvalue weighted by atomic mass is 16.5. The fraction of sp³-hybridized carbons (Fsp3) is 0.600. The molecule has 1 fully saturated rings. The number of hydrogen-bond acceptors (Lipinski definition) is 2. The molecule has 0 bridgehead atoms. The molecule has 1 aliphatic heterocycles. The van der Waals surface area contributed by atoms with Crippen LogP contribution in [-0.4, -0.2) is 12.6 Å². The smallest absolute Gasteiger partial charge is 0.124 e. The van der Waals surface area contributed by atoms with Gasteiger partial charge in [-0.2, -0.15) is 0 Å². The molecule has 2 heteroatoms. The minimum absolute atomic E-state index is 0.482. The summed E-state index contributed by atoms with van der Waals surface area (Å²) in [6, 6.07) is 9.55. The van der Waals surface area contributed by atoms with Gasteiger partial charge in [-0.25, -0.2) is 0 Å². The lowest BCUT2D eigenvalue weighted by Crippen LogP contribution is -2.40. The van der Waals surface area contributed by atoms with Crippen molar-refractivity contribution < 1.29 is 4.74 Å². The topological polar surface area (TPSA) is 21.3 Å². The van der Waals surface area contributed by atoms with Crippen LogP contribution in [-0.2, 0) is 0 Å². The summed E-state index contributed by atoms with van der Waals surface area (Å²) in [4.78, 5) is 0. The Morgan fingerprint density at radius 1 is 1.24 bits per heavy atom. The van der Waals surface area contributed by atoms with E-state index < -0.39 is 0 Å². The summed E-state index contributed by atoms with van der Waals surface area (Å²) in [5.41, 5.74) is 1.34. The highest BCUT2D eigenvalue weighted by Crippen LogP contribution is 2.35. The summed E-state index contributed by atoms with van der Waals surface area (Å²) in [5, 5.41) is 3.80. The number of para-hydroxylation sites is 1. The van der Waals surface area contributed by atoms with E-state index in [1.54, 1.807) is 0 Å². The molecule has 2 unspecified atom stereocenters. The van der Waals surface area contributed by atoms with Crippen molar-refractivity contribution in [3.63, 3.8) is 0 Å². The lowest BCUT2D eigenvalue weighted by atomic mass is 9.80. The van der Waals surface area contributed by atoms with Gasteiger partial charge < -0.3 is 10.1 Å². The SMILES string of the molecule is CC(NC1CCOc2ccccc21)C1CCC1. The summed E-state index contributed by atoms with van der Waals surface area (Å²) in [5.74, 6) is 1.96. The third-order valence-corrected chi connectivity index (χ3v) is 4.28. The van der Waals surface area contributed by atoms with Gasteiger partial charge in [-0.15, -0.1) is 0 Å². The molecule has 0 amide bonds. The summed E-state index contributed by atoms with van der Waals surface area (Å²) in [6.45, 7) is 3.17. The largest absolute Gasteiger partial charge is 0.493 e. The van der Waals surface area contributed by atoms with Gasteiger partial charge >= 0.3 is 0 Å². The number of fused-ring (bicyclic) bond motifs is 1. The Kier molecular flexibility index (Phi) is 3.06. The second-order valence-corrected chi connectivity index (χ2v) is 5.37. The lowest BCUT2D eigenvalue weighted by molar-refractivity contribution is 0.197. The predicted octanol–water partition coefficient (Wildman–Crippen LogP) is 3.29. The molecular weight excluding hydrogens is 210 g/mol. The Morgan fingerprint density at radius 3 is 2.82 bits per heavy atom. The maximum Gasteiger partial charge on any atom is 0.124 e. The molecule has 0 radical (unpaired) electrons.